The number of carbonyl (C=O) groups is 1. The minimum Gasteiger partial charge on any atom is -0.383 e. The number of hydrogen-bond donors (Lipinski definition) is 1. The van der Waals surface area contributed by atoms with E-state index in [4.69, 9.17) is 5.73 Å². The van der Waals surface area contributed by atoms with Gasteiger partial charge in [-0.15, -0.1) is 11.3 Å². The molecule has 3 aromatic rings. The van der Waals surface area contributed by atoms with Gasteiger partial charge >= 0.3 is 0 Å². The Morgan fingerprint density at radius 2 is 2.12 bits per heavy atom. The number of aryl methyl sites for hydroxylation is 3. The number of carbonyl (C=O) groups excluding carboxylic acids is 1. The van der Waals surface area contributed by atoms with Gasteiger partial charge in [0.25, 0.3) is 0 Å². The average Bonchev–Trinajstić information content (AvgIpc) is 2.93. The van der Waals surface area contributed by atoms with Gasteiger partial charge in [-0.2, -0.15) is 0 Å². The Morgan fingerprint density at radius 1 is 1.31 bits per heavy atom. The number of benzene rings is 1. The second kappa shape index (κ2) is 6.89. The molecule has 0 spiro atoms. The van der Waals surface area contributed by atoms with Gasteiger partial charge < -0.3 is 10.6 Å². The van der Waals surface area contributed by atoms with E-state index in [0.717, 1.165) is 40.9 Å². The topological polar surface area (TPSA) is 72.1 Å². The molecule has 4 rings (SSSR count). The van der Waals surface area contributed by atoms with E-state index in [2.05, 4.69) is 23.0 Å². The SMILES string of the molecule is Cc1sc2nc(SCC(=O)N3CCCc4ccccc43)nc(N)c2c1C. The molecule has 1 aliphatic heterocycles. The van der Waals surface area contributed by atoms with Gasteiger partial charge in [0.05, 0.1) is 11.1 Å². The molecule has 0 radical (unpaired) electrons. The van der Waals surface area contributed by atoms with E-state index in [1.54, 1.807) is 11.3 Å². The summed E-state index contributed by atoms with van der Waals surface area (Å²) in [6.07, 6.45) is 2.02. The van der Waals surface area contributed by atoms with Gasteiger partial charge in [-0.1, -0.05) is 30.0 Å². The molecule has 0 fully saturated rings. The second-order valence-corrected chi connectivity index (χ2v) is 8.57. The molecule has 7 heteroatoms. The number of nitrogen functional groups attached to an aromatic ring is 1. The molecule has 5 nitrogen and oxygen atoms in total. The van der Waals surface area contributed by atoms with Crippen LogP contribution in [0.4, 0.5) is 11.5 Å². The van der Waals surface area contributed by atoms with Gasteiger partial charge in [0.15, 0.2) is 5.16 Å². The molecule has 0 atom stereocenters. The molecule has 1 aliphatic rings. The Balaban J connectivity index is 1.53. The van der Waals surface area contributed by atoms with Crippen molar-refractivity contribution in [3.05, 3.63) is 40.3 Å². The zero-order valence-electron chi connectivity index (χ0n) is 14.8. The molecule has 1 aromatic carbocycles. The van der Waals surface area contributed by atoms with E-state index in [1.807, 2.05) is 30.0 Å². The smallest absolute Gasteiger partial charge is 0.237 e. The monoisotopic (exact) mass is 384 g/mol. The zero-order valence-corrected chi connectivity index (χ0v) is 16.4. The van der Waals surface area contributed by atoms with Crippen molar-refractivity contribution in [2.24, 2.45) is 0 Å². The lowest BCUT2D eigenvalue weighted by atomic mass is 10.0. The van der Waals surface area contributed by atoms with Crippen LogP contribution in [0.25, 0.3) is 10.2 Å². The molecule has 2 N–H and O–H groups in total. The Hall–Kier alpha value is -2.12. The molecule has 26 heavy (non-hydrogen) atoms. The van der Waals surface area contributed by atoms with Crippen molar-refractivity contribution in [1.29, 1.82) is 0 Å². The fourth-order valence-electron chi connectivity index (χ4n) is 3.32. The van der Waals surface area contributed by atoms with E-state index >= 15 is 0 Å². The number of para-hydroxylation sites is 1. The summed E-state index contributed by atoms with van der Waals surface area (Å²) in [5, 5.41) is 1.50. The molecule has 0 saturated carbocycles. The summed E-state index contributed by atoms with van der Waals surface area (Å²) >= 11 is 2.97. The summed E-state index contributed by atoms with van der Waals surface area (Å²) in [5.74, 6) is 0.890. The van der Waals surface area contributed by atoms with Crippen molar-refractivity contribution < 1.29 is 4.79 Å². The fraction of sp³-hybridized carbons (Fsp3) is 0.316. The fourth-order valence-corrected chi connectivity index (χ4v) is 5.14. The van der Waals surface area contributed by atoms with E-state index in [0.29, 0.717) is 16.7 Å². The van der Waals surface area contributed by atoms with E-state index in [-0.39, 0.29) is 5.91 Å². The molecule has 0 bridgehead atoms. The van der Waals surface area contributed by atoms with E-state index < -0.39 is 0 Å². The number of fused-ring (bicyclic) bond motifs is 2. The maximum absolute atomic E-state index is 12.8. The molecular weight excluding hydrogens is 364 g/mol. The Morgan fingerprint density at radius 3 is 2.96 bits per heavy atom. The van der Waals surface area contributed by atoms with Crippen LogP contribution in [-0.4, -0.2) is 28.2 Å². The Labute approximate surface area is 160 Å². The van der Waals surface area contributed by atoms with E-state index in [9.17, 15) is 4.79 Å². The zero-order chi connectivity index (χ0) is 18.3. The molecule has 1 amide bonds. The Bertz CT molecular complexity index is 999. The van der Waals surface area contributed by atoms with Crippen LogP contribution in [0, 0.1) is 13.8 Å². The number of amides is 1. The van der Waals surface area contributed by atoms with Crippen molar-refractivity contribution in [3.8, 4) is 0 Å². The summed E-state index contributed by atoms with van der Waals surface area (Å²) in [4.78, 5) is 25.7. The van der Waals surface area contributed by atoms with Crippen molar-refractivity contribution >= 4 is 50.7 Å². The summed E-state index contributed by atoms with van der Waals surface area (Å²) in [6, 6.07) is 8.13. The summed E-state index contributed by atoms with van der Waals surface area (Å²) in [7, 11) is 0. The van der Waals surface area contributed by atoms with Crippen molar-refractivity contribution in [3.63, 3.8) is 0 Å². The number of nitrogens with two attached hydrogens (primary N) is 1. The van der Waals surface area contributed by atoms with Gasteiger partial charge in [0.2, 0.25) is 5.91 Å². The minimum absolute atomic E-state index is 0.0861. The maximum atomic E-state index is 12.8. The molecule has 134 valence electrons. The average molecular weight is 385 g/mol. The van der Waals surface area contributed by atoms with Gasteiger partial charge in [-0.25, -0.2) is 9.97 Å². The first-order valence-corrected chi connectivity index (χ1v) is 10.4. The van der Waals surface area contributed by atoms with Crippen LogP contribution in [0.15, 0.2) is 29.4 Å². The van der Waals surface area contributed by atoms with E-state index in [1.165, 1.54) is 22.2 Å². The molecule has 0 saturated heterocycles. The van der Waals surface area contributed by atoms with Gasteiger partial charge in [0, 0.05) is 17.1 Å². The van der Waals surface area contributed by atoms with Crippen LogP contribution in [-0.2, 0) is 11.2 Å². The third kappa shape index (κ3) is 3.05. The van der Waals surface area contributed by atoms with Gasteiger partial charge in [-0.3, -0.25) is 4.79 Å². The number of aromatic nitrogens is 2. The van der Waals surface area contributed by atoms with Crippen molar-refractivity contribution in [1.82, 2.24) is 9.97 Å². The molecule has 0 aliphatic carbocycles. The lowest BCUT2D eigenvalue weighted by Gasteiger charge is -2.29. The minimum atomic E-state index is 0.0861. The van der Waals surface area contributed by atoms with Crippen molar-refractivity contribution in [2.45, 2.75) is 31.8 Å². The van der Waals surface area contributed by atoms with Gasteiger partial charge in [0.1, 0.15) is 10.6 Å². The third-order valence-electron chi connectivity index (χ3n) is 4.77. The number of thioether (sulfide) groups is 1. The van der Waals surface area contributed by atoms with Crippen LogP contribution >= 0.6 is 23.1 Å². The number of anilines is 2. The summed E-state index contributed by atoms with van der Waals surface area (Å²) < 4.78 is 0. The first kappa shape index (κ1) is 17.3. The highest BCUT2D eigenvalue weighted by Gasteiger charge is 2.22. The molecule has 3 heterocycles. The molecule has 0 unspecified atom stereocenters. The van der Waals surface area contributed by atoms with Crippen LogP contribution in [0.5, 0.6) is 0 Å². The highest BCUT2D eigenvalue weighted by atomic mass is 32.2. The highest BCUT2D eigenvalue weighted by molar-refractivity contribution is 7.99. The van der Waals surface area contributed by atoms with Crippen LogP contribution < -0.4 is 10.6 Å². The summed E-state index contributed by atoms with van der Waals surface area (Å²) in [6.45, 7) is 4.87. The predicted octanol–water partition coefficient (Wildman–Crippen LogP) is 3.96. The lowest BCUT2D eigenvalue weighted by molar-refractivity contribution is -0.116. The third-order valence-corrected chi connectivity index (χ3v) is 6.71. The van der Waals surface area contributed by atoms with Gasteiger partial charge in [-0.05, 0) is 43.9 Å². The first-order chi connectivity index (χ1) is 12.5. The largest absolute Gasteiger partial charge is 0.383 e. The Kier molecular flexibility index (Phi) is 4.58. The molecule has 2 aromatic heterocycles. The highest BCUT2D eigenvalue weighted by Crippen LogP contribution is 2.34. The number of rotatable bonds is 3. The first-order valence-electron chi connectivity index (χ1n) is 8.59. The number of nitrogens with zero attached hydrogens (tertiary/aromatic N) is 3. The second-order valence-electron chi connectivity index (χ2n) is 6.42. The predicted molar refractivity (Wildman–Crippen MR) is 109 cm³/mol. The van der Waals surface area contributed by atoms with Crippen molar-refractivity contribution in [2.75, 3.05) is 22.9 Å². The number of thiophene rings is 1. The number of hydrogen-bond acceptors (Lipinski definition) is 6. The summed E-state index contributed by atoms with van der Waals surface area (Å²) in [5.41, 5.74) is 9.54. The van der Waals surface area contributed by atoms with Crippen LogP contribution in [0.2, 0.25) is 0 Å². The normalized spacial score (nSPS) is 13.8. The van der Waals surface area contributed by atoms with Crippen LogP contribution in [0.3, 0.4) is 0 Å². The molecular formula is C19H20N4OS2. The maximum Gasteiger partial charge on any atom is 0.237 e. The standard InChI is InChI=1S/C19H20N4OS2/c1-11-12(2)26-18-16(11)17(20)21-19(22-18)25-10-15(24)23-9-5-7-13-6-3-4-8-14(13)23/h3-4,6,8H,5,7,9-10H2,1-2H3,(H2,20,21,22). The lowest BCUT2D eigenvalue weighted by Crippen LogP contribution is -2.36. The van der Waals surface area contributed by atoms with Crippen LogP contribution in [0.1, 0.15) is 22.4 Å². The quantitative estimate of drug-likeness (QED) is 0.547.